The summed E-state index contributed by atoms with van der Waals surface area (Å²) >= 11 is 0. The number of fused-ring (bicyclic) bond motifs is 1. The number of carbonyl (C=O) groups is 2. The number of carbonyl (C=O) groups excluding carboxylic acids is 2. The third-order valence-corrected chi connectivity index (χ3v) is 4.45. The maximum atomic E-state index is 12.5. The van der Waals surface area contributed by atoms with Crippen molar-refractivity contribution in [3.63, 3.8) is 0 Å². The number of rotatable bonds is 5. The molecule has 2 aromatic rings. The third-order valence-electron chi connectivity index (χ3n) is 4.45. The molecule has 2 aromatic carbocycles. The van der Waals surface area contributed by atoms with Crippen LogP contribution in [0.2, 0.25) is 0 Å². The van der Waals surface area contributed by atoms with Crippen LogP contribution >= 0.6 is 0 Å². The highest BCUT2D eigenvalue weighted by Crippen LogP contribution is 2.22. The van der Waals surface area contributed by atoms with Crippen molar-refractivity contribution in [3.05, 3.63) is 59.7 Å². The van der Waals surface area contributed by atoms with Gasteiger partial charge in [0.15, 0.2) is 6.10 Å². The molecule has 1 unspecified atom stereocenters. The fraction of sp³-hybridized carbons (Fsp3) is 0.300. The van der Waals surface area contributed by atoms with E-state index in [0.717, 1.165) is 24.3 Å². The number of amides is 1. The Morgan fingerprint density at radius 1 is 1.12 bits per heavy atom. The summed E-state index contributed by atoms with van der Waals surface area (Å²) in [6.45, 7) is 6.07. The molecule has 0 aromatic heterocycles. The van der Waals surface area contributed by atoms with Crippen LogP contribution in [0.5, 0.6) is 0 Å². The van der Waals surface area contributed by atoms with Crippen LogP contribution in [0.4, 0.5) is 11.4 Å². The van der Waals surface area contributed by atoms with Gasteiger partial charge < -0.3 is 15.0 Å². The summed E-state index contributed by atoms with van der Waals surface area (Å²) in [6.07, 6.45) is -0.407. The summed E-state index contributed by atoms with van der Waals surface area (Å²) in [5, 5.41) is 2.83. The van der Waals surface area contributed by atoms with Gasteiger partial charge in [-0.3, -0.25) is 4.79 Å². The Balaban J connectivity index is 1.68. The molecule has 0 spiro atoms. The molecule has 130 valence electrons. The van der Waals surface area contributed by atoms with E-state index in [1.54, 1.807) is 12.1 Å². The summed E-state index contributed by atoms with van der Waals surface area (Å²) in [7, 11) is 0. The van der Waals surface area contributed by atoms with Gasteiger partial charge >= 0.3 is 5.97 Å². The highest BCUT2D eigenvalue weighted by atomic mass is 16.5. The Morgan fingerprint density at radius 2 is 1.80 bits per heavy atom. The van der Waals surface area contributed by atoms with Crippen molar-refractivity contribution in [2.45, 2.75) is 26.4 Å². The van der Waals surface area contributed by atoms with Crippen molar-refractivity contribution in [2.24, 2.45) is 0 Å². The number of nitrogens with one attached hydrogen (secondary N) is 1. The lowest BCUT2D eigenvalue weighted by Crippen LogP contribution is -2.37. The zero-order valence-electron chi connectivity index (χ0n) is 14.5. The number of nitrogens with zero attached hydrogens (tertiary/aromatic N) is 1. The van der Waals surface area contributed by atoms with Crippen molar-refractivity contribution in [1.29, 1.82) is 0 Å². The molecule has 0 fully saturated rings. The van der Waals surface area contributed by atoms with Gasteiger partial charge in [0, 0.05) is 30.9 Å². The van der Waals surface area contributed by atoms with Gasteiger partial charge in [-0.25, -0.2) is 4.79 Å². The first-order chi connectivity index (χ1) is 12.1. The molecule has 0 saturated carbocycles. The van der Waals surface area contributed by atoms with Gasteiger partial charge in [-0.2, -0.15) is 0 Å². The average molecular weight is 338 g/mol. The van der Waals surface area contributed by atoms with Gasteiger partial charge in [-0.05, 0) is 49.7 Å². The van der Waals surface area contributed by atoms with E-state index in [9.17, 15) is 9.59 Å². The Kier molecular flexibility index (Phi) is 5.03. The van der Waals surface area contributed by atoms with E-state index in [0.29, 0.717) is 17.7 Å². The molecular formula is C20H22N2O3. The van der Waals surface area contributed by atoms with Gasteiger partial charge in [-0.1, -0.05) is 18.2 Å². The van der Waals surface area contributed by atoms with Gasteiger partial charge in [0.2, 0.25) is 0 Å². The van der Waals surface area contributed by atoms with E-state index in [2.05, 4.69) is 24.1 Å². The predicted molar refractivity (Wildman–Crippen MR) is 98.0 cm³/mol. The SMILES string of the molecule is CCN(CC)c1ccc(NC(=O)C2Cc3ccccc3C(=O)O2)cc1. The number of benzene rings is 2. The van der Waals surface area contributed by atoms with Crippen molar-refractivity contribution in [1.82, 2.24) is 0 Å². The molecule has 0 aliphatic carbocycles. The summed E-state index contributed by atoms with van der Waals surface area (Å²) < 4.78 is 5.28. The second-order valence-electron chi connectivity index (χ2n) is 5.96. The van der Waals surface area contributed by atoms with E-state index in [1.165, 1.54) is 0 Å². The highest BCUT2D eigenvalue weighted by Gasteiger charge is 2.31. The summed E-state index contributed by atoms with van der Waals surface area (Å²) in [5.74, 6) is -0.752. The molecule has 5 heteroatoms. The minimum atomic E-state index is -0.801. The molecule has 1 heterocycles. The fourth-order valence-electron chi connectivity index (χ4n) is 3.04. The molecule has 25 heavy (non-hydrogen) atoms. The van der Waals surface area contributed by atoms with Crippen molar-refractivity contribution in [2.75, 3.05) is 23.3 Å². The number of hydrogen-bond donors (Lipinski definition) is 1. The number of ether oxygens (including phenoxy) is 1. The van der Waals surface area contributed by atoms with E-state index in [1.807, 2.05) is 36.4 Å². The molecule has 1 atom stereocenters. The second-order valence-corrected chi connectivity index (χ2v) is 5.96. The minimum Gasteiger partial charge on any atom is -0.448 e. The zero-order chi connectivity index (χ0) is 17.8. The number of cyclic esters (lactones) is 1. The van der Waals surface area contributed by atoms with Gasteiger partial charge in [0.05, 0.1) is 5.56 Å². The Morgan fingerprint density at radius 3 is 2.48 bits per heavy atom. The second kappa shape index (κ2) is 7.38. The first-order valence-corrected chi connectivity index (χ1v) is 8.57. The molecule has 1 N–H and O–H groups in total. The monoisotopic (exact) mass is 338 g/mol. The molecule has 1 amide bonds. The Hall–Kier alpha value is -2.82. The fourth-order valence-corrected chi connectivity index (χ4v) is 3.04. The zero-order valence-corrected chi connectivity index (χ0v) is 14.5. The maximum absolute atomic E-state index is 12.5. The topological polar surface area (TPSA) is 58.6 Å². The van der Waals surface area contributed by atoms with Crippen molar-refractivity contribution >= 4 is 23.3 Å². The van der Waals surface area contributed by atoms with E-state index in [4.69, 9.17) is 4.74 Å². The van der Waals surface area contributed by atoms with Crippen LogP contribution in [-0.4, -0.2) is 31.1 Å². The van der Waals surface area contributed by atoms with Crippen LogP contribution in [0.25, 0.3) is 0 Å². The molecule has 0 saturated heterocycles. The van der Waals surface area contributed by atoms with Crippen LogP contribution in [0, 0.1) is 0 Å². The van der Waals surface area contributed by atoms with Gasteiger partial charge in [-0.15, -0.1) is 0 Å². The third kappa shape index (κ3) is 3.65. The Bertz CT molecular complexity index is 767. The molecule has 5 nitrogen and oxygen atoms in total. The molecule has 1 aliphatic heterocycles. The van der Waals surface area contributed by atoms with E-state index in [-0.39, 0.29) is 5.91 Å². The first kappa shape index (κ1) is 17.0. The quantitative estimate of drug-likeness (QED) is 0.850. The summed E-state index contributed by atoms with van der Waals surface area (Å²) in [6, 6.07) is 14.9. The first-order valence-electron chi connectivity index (χ1n) is 8.57. The number of hydrogen-bond acceptors (Lipinski definition) is 4. The van der Waals surface area contributed by atoms with Crippen molar-refractivity contribution in [3.8, 4) is 0 Å². The van der Waals surface area contributed by atoms with Crippen LogP contribution in [-0.2, 0) is 16.0 Å². The normalized spacial score (nSPS) is 15.9. The summed E-state index contributed by atoms with van der Waals surface area (Å²) in [5.41, 5.74) is 3.18. The van der Waals surface area contributed by atoms with Crippen LogP contribution in [0.15, 0.2) is 48.5 Å². The smallest absolute Gasteiger partial charge is 0.339 e. The van der Waals surface area contributed by atoms with Crippen molar-refractivity contribution < 1.29 is 14.3 Å². The molecule has 0 radical (unpaired) electrons. The maximum Gasteiger partial charge on any atom is 0.339 e. The standard InChI is InChI=1S/C20H22N2O3/c1-3-22(4-2)16-11-9-15(10-12-16)21-19(23)18-13-14-7-5-6-8-17(14)20(24)25-18/h5-12,18H,3-4,13H2,1-2H3,(H,21,23). The van der Waals surface area contributed by atoms with Crippen LogP contribution in [0.1, 0.15) is 29.8 Å². The molecule has 1 aliphatic rings. The largest absolute Gasteiger partial charge is 0.448 e. The lowest BCUT2D eigenvalue weighted by molar-refractivity contribution is -0.125. The van der Waals surface area contributed by atoms with Crippen LogP contribution < -0.4 is 10.2 Å². The lowest BCUT2D eigenvalue weighted by atomic mass is 9.98. The average Bonchev–Trinajstić information content (AvgIpc) is 2.64. The highest BCUT2D eigenvalue weighted by molar-refractivity contribution is 6.00. The van der Waals surface area contributed by atoms with E-state index >= 15 is 0 Å². The molecule has 3 rings (SSSR count). The molecule has 0 bridgehead atoms. The molecular weight excluding hydrogens is 316 g/mol. The van der Waals surface area contributed by atoms with Gasteiger partial charge in [0.1, 0.15) is 0 Å². The minimum absolute atomic E-state index is 0.307. The predicted octanol–water partition coefficient (Wildman–Crippen LogP) is 3.25. The van der Waals surface area contributed by atoms with E-state index < -0.39 is 12.1 Å². The summed E-state index contributed by atoms with van der Waals surface area (Å²) in [4.78, 5) is 26.7. The number of anilines is 2. The Labute approximate surface area is 147 Å². The van der Waals surface area contributed by atoms with Crippen LogP contribution in [0.3, 0.4) is 0 Å². The lowest BCUT2D eigenvalue weighted by Gasteiger charge is -2.24. The number of esters is 1. The van der Waals surface area contributed by atoms with Gasteiger partial charge in [0.25, 0.3) is 5.91 Å².